The van der Waals surface area contributed by atoms with E-state index in [2.05, 4.69) is 27.9 Å². The van der Waals surface area contributed by atoms with Crippen LogP contribution in [-0.4, -0.2) is 18.0 Å². The van der Waals surface area contributed by atoms with Gasteiger partial charge in [-0.3, -0.25) is 4.79 Å². The lowest BCUT2D eigenvalue weighted by Crippen LogP contribution is -2.52. The molecule has 0 radical (unpaired) electrons. The van der Waals surface area contributed by atoms with E-state index in [1.54, 1.807) is 12.1 Å². The van der Waals surface area contributed by atoms with Crippen LogP contribution in [0.3, 0.4) is 0 Å². The Hall–Kier alpha value is -0.330. The van der Waals surface area contributed by atoms with E-state index in [0.717, 1.165) is 16.4 Å². The molecule has 1 aromatic rings. The predicted molar refractivity (Wildman–Crippen MR) is 84.0 cm³/mol. The van der Waals surface area contributed by atoms with Gasteiger partial charge in [0.1, 0.15) is 0 Å². The van der Waals surface area contributed by atoms with Gasteiger partial charge in [0.05, 0.1) is 10.6 Å². The number of hydrogen-bond donors (Lipinski definition) is 2. The smallest absolute Gasteiger partial charge is 0.251 e. The molecular weight excluding hydrogens is 363 g/mol. The molecule has 1 rings (SSSR count). The molecule has 0 aromatic heterocycles. The molecule has 3 nitrogen and oxygen atoms in total. The molecule has 0 aliphatic carbocycles. The normalized spacial score (nSPS) is 11.4. The van der Waals surface area contributed by atoms with Gasteiger partial charge in [-0.2, -0.15) is 0 Å². The molecule has 100 valence electrons. The zero-order valence-electron chi connectivity index (χ0n) is 10.6. The molecule has 0 saturated heterocycles. The van der Waals surface area contributed by atoms with Gasteiger partial charge in [-0.05, 0) is 53.6 Å². The van der Waals surface area contributed by atoms with E-state index >= 15 is 0 Å². The molecular formula is C13H18ClIN2O. The maximum Gasteiger partial charge on any atom is 0.251 e. The molecule has 18 heavy (non-hydrogen) atoms. The Morgan fingerprint density at radius 3 is 2.50 bits per heavy atom. The van der Waals surface area contributed by atoms with E-state index in [4.69, 9.17) is 17.3 Å². The quantitative estimate of drug-likeness (QED) is 0.771. The van der Waals surface area contributed by atoms with E-state index in [1.807, 2.05) is 19.9 Å². The van der Waals surface area contributed by atoms with Crippen molar-refractivity contribution in [3.05, 3.63) is 32.4 Å². The first-order chi connectivity index (χ1) is 8.48. The monoisotopic (exact) mass is 380 g/mol. The summed E-state index contributed by atoms with van der Waals surface area (Å²) in [6, 6.07) is 5.29. The van der Waals surface area contributed by atoms with E-state index in [9.17, 15) is 4.79 Å². The van der Waals surface area contributed by atoms with Gasteiger partial charge in [-0.25, -0.2) is 0 Å². The van der Waals surface area contributed by atoms with Gasteiger partial charge in [-0.1, -0.05) is 25.4 Å². The van der Waals surface area contributed by atoms with Crippen molar-refractivity contribution in [2.75, 3.05) is 6.54 Å². The highest BCUT2D eigenvalue weighted by Crippen LogP contribution is 2.20. The summed E-state index contributed by atoms with van der Waals surface area (Å²) in [6.45, 7) is 4.49. The van der Waals surface area contributed by atoms with Crippen molar-refractivity contribution in [3.8, 4) is 0 Å². The molecule has 3 N–H and O–H groups in total. The molecule has 0 atom stereocenters. The summed E-state index contributed by atoms with van der Waals surface area (Å²) >= 11 is 8.15. The third kappa shape index (κ3) is 3.59. The molecule has 0 fully saturated rings. The van der Waals surface area contributed by atoms with Crippen LogP contribution >= 0.6 is 34.2 Å². The van der Waals surface area contributed by atoms with Crippen molar-refractivity contribution in [1.82, 2.24) is 5.32 Å². The SMILES string of the molecule is CCC(CC)(CN)NC(=O)c1ccc(I)c(Cl)c1. The molecule has 0 bridgehead atoms. The van der Waals surface area contributed by atoms with Crippen molar-refractivity contribution in [2.24, 2.45) is 5.73 Å². The molecule has 1 amide bonds. The minimum absolute atomic E-state index is 0.123. The van der Waals surface area contributed by atoms with Crippen LogP contribution in [0.1, 0.15) is 37.0 Å². The summed E-state index contributed by atoms with van der Waals surface area (Å²) in [5.74, 6) is -0.123. The third-order valence-electron chi connectivity index (χ3n) is 3.30. The van der Waals surface area contributed by atoms with Gasteiger partial charge in [0, 0.05) is 15.7 Å². The Balaban J connectivity index is 2.90. The van der Waals surface area contributed by atoms with Crippen LogP contribution < -0.4 is 11.1 Å². The van der Waals surface area contributed by atoms with Crippen LogP contribution in [0.25, 0.3) is 0 Å². The van der Waals surface area contributed by atoms with Crippen molar-refractivity contribution in [2.45, 2.75) is 32.2 Å². The second-order valence-corrected chi connectivity index (χ2v) is 5.84. The summed E-state index contributed by atoms with van der Waals surface area (Å²) in [7, 11) is 0. The van der Waals surface area contributed by atoms with Crippen molar-refractivity contribution in [1.29, 1.82) is 0 Å². The van der Waals surface area contributed by atoms with Crippen LogP contribution in [0.4, 0.5) is 0 Å². The molecule has 0 spiro atoms. The topological polar surface area (TPSA) is 55.1 Å². The third-order valence-corrected chi connectivity index (χ3v) is 4.88. The molecule has 0 aliphatic heterocycles. The van der Waals surface area contributed by atoms with E-state index in [-0.39, 0.29) is 11.4 Å². The number of benzene rings is 1. The fourth-order valence-electron chi connectivity index (χ4n) is 1.72. The van der Waals surface area contributed by atoms with E-state index in [0.29, 0.717) is 17.1 Å². The standard InChI is InChI=1S/C13H18ClIN2O/c1-3-13(4-2,8-16)17-12(18)9-5-6-11(15)10(14)7-9/h5-7H,3-4,8,16H2,1-2H3,(H,17,18). The molecule has 0 saturated carbocycles. The highest BCUT2D eigenvalue weighted by molar-refractivity contribution is 14.1. The summed E-state index contributed by atoms with van der Waals surface area (Å²) < 4.78 is 0.932. The fraction of sp³-hybridized carbons (Fsp3) is 0.462. The van der Waals surface area contributed by atoms with Crippen LogP contribution in [0, 0.1) is 3.57 Å². The zero-order valence-corrected chi connectivity index (χ0v) is 13.5. The van der Waals surface area contributed by atoms with Gasteiger partial charge in [0.2, 0.25) is 0 Å². The minimum Gasteiger partial charge on any atom is -0.345 e. The minimum atomic E-state index is -0.327. The first-order valence-electron chi connectivity index (χ1n) is 5.95. The summed E-state index contributed by atoms with van der Waals surface area (Å²) in [4.78, 5) is 12.2. The fourth-order valence-corrected chi connectivity index (χ4v) is 2.23. The summed E-state index contributed by atoms with van der Waals surface area (Å²) in [5.41, 5.74) is 6.01. The Bertz CT molecular complexity index is 425. The predicted octanol–water partition coefficient (Wildman–Crippen LogP) is 3.19. The lowest BCUT2D eigenvalue weighted by atomic mass is 9.92. The molecule has 5 heteroatoms. The lowest BCUT2D eigenvalue weighted by Gasteiger charge is -2.31. The van der Waals surface area contributed by atoms with Crippen LogP contribution in [0.15, 0.2) is 18.2 Å². The molecule has 0 heterocycles. The first-order valence-corrected chi connectivity index (χ1v) is 7.41. The van der Waals surface area contributed by atoms with E-state index < -0.39 is 0 Å². The molecule has 0 unspecified atom stereocenters. The Morgan fingerprint density at radius 1 is 1.44 bits per heavy atom. The lowest BCUT2D eigenvalue weighted by molar-refractivity contribution is 0.0895. The number of carbonyl (C=O) groups is 1. The highest BCUT2D eigenvalue weighted by Gasteiger charge is 2.26. The summed E-state index contributed by atoms with van der Waals surface area (Å²) in [5, 5.41) is 3.61. The van der Waals surface area contributed by atoms with Crippen LogP contribution in [0.5, 0.6) is 0 Å². The van der Waals surface area contributed by atoms with Crippen molar-refractivity contribution in [3.63, 3.8) is 0 Å². The molecule has 1 aromatic carbocycles. The number of rotatable bonds is 5. The number of amides is 1. The number of halogens is 2. The number of hydrogen-bond acceptors (Lipinski definition) is 2. The van der Waals surface area contributed by atoms with Gasteiger partial charge in [0.25, 0.3) is 5.91 Å². The Labute approximate surface area is 127 Å². The van der Waals surface area contributed by atoms with Gasteiger partial charge < -0.3 is 11.1 Å². The van der Waals surface area contributed by atoms with E-state index in [1.165, 1.54) is 0 Å². The Kier molecular flexibility index (Phi) is 5.88. The van der Waals surface area contributed by atoms with Gasteiger partial charge in [0.15, 0.2) is 0 Å². The first kappa shape index (κ1) is 15.7. The highest BCUT2D eigenvalue weighted by atomic mass is 127. The number of nitrogens with one attached hydrogen (secondary N) is 1. The van der Waals surface area contributed by atoms with Gasteiger partial charge >= 0.3 is 0 Å². The zero-order chi connectivity index (χ0) is 13.8. The maximum atomic E-state index is 12.2. The molecule has 0 aliphatic rings. The van der Waals surface area contributed by atoms with Crippen LogP contribution in [-0.2, 0) is 0 Å². The van der Waals surface area contributed by atoms with Crippen molar-refractivity contribution < 1.29 is 4.79 Å². The Morgan fingerprint density at radius 2 is 2.06 bits per heavy atom. The maximum absolute atomic E-state index is 12.2. The number of nitrogens with two attached hydrogens (primary N) is 1. The average Bonchev–Trinajstić information content (AvgIpc) is 2.39. The second kappa shape index (κ2) is 6.73. The average molecular weight is 381 g/mol. The van der Waals surface area contributed by atoms with Crippen LogP contribution in [0.2, 0.25) is 5.02 Å². The van der Waals surface area contributed by atoms with Gasteiger partial charge in [-0.15, -0.1) is 0 Å². The second-order valence-electron chi connectivity index (χ2n) is 4.27. The number of carbonyl (C=O) groups excluding carboxylic acids is 1. The van der Waals surface area contributed by atoms with Crippen molar-refractivity contribution >= 4 is 40.1 Å². The summed E-state index contributed by atoms with van der Waals surface area (Å²) in [6.07, 6.45) is 1.62. The largest absolute Gasteiger partial charge is 0.345 e.